The summed E-state index contributed by atoms with van der Waals surface area (Å²) in [7, 11) is 0. The normalized spacial score (nSPS) is 11.3. The van der Waals surface area contributed by atoms with Crippen molar-refractivity contribution in [1.82, 2.24) is 5.32 Å². The number of urea groups is 1. The minimum atomic E-state index is -4.29. The van der Waals surface area contributed by atoms with Crippen LogP contribution in [0.3, 0.4) is 0 Å². The molecule has 0 saturated heterocycles. The summed E-state index contributed by atoms with van der Waals surface area (Å²) in [6, 6.07) is 5.62. The van der Waals surface area contributed by atoms with Gasteiger partial charge in [-0.1, -0.05) is 35.9 Å². The van der Waals surface area contributed by atoms with Crippen molar-refractivity contribution in [2.24, 2.45) is 0 Å². The Balaban J connectivity index is 2.00. The van der Waals surface area contributed by atoms with Crippen LogP contribution in [-0.2, 0) is 13.0 Å². The summed E-state index contributed by atoms with van der Waals surface area (Å²) in [5.41, 5.74) is 1.91. The number of benzene rings is 1. The third-order valence-corrected chi connectivity index (χ3v) is 4.46. The van der Waals surface area contributed by atoms with Gasteiger partial charge in [0.25, 0.3) is 0 Å². The van der Waals surface area contributed by atoms with Crippen LogP contribution in [0.1, 0.15) is 16.7 Å². The molecule has 0 aliphatic carbocycles. The number of carbonyl (C=O) groups is 1. The maximum Gasteiger partial charge on any atom is 0.393 e. The predicted octanol–water partition coefficient (Wildman–Crippen LogP) is 5.14. The van der Waals surface area contributed by atoms with Crippen molar-refractivity contribution in [1.29, 1.82) is 0 Å². The average molecular weight is 363 g/mol. The van der Waals surface area contributed by atoms with Crippen molar-refractivity contribution in [3.05, 3.63) is 50.7 Å². The number of aryl methyl sites for hydroxylation is 1. The zero-order valence-electron chi connectivity index (χ0n) is 12.1. The number of hydrogen-bond acceptors (Lipinski definition) is 2. The Bertz CT molecular complexity index is 681. The lowest BCUT2D eigenvalue weighted by atomic mass is 10.0. The second kappa shape index (κ2) is 7.23. The van der Waals surface area contributed by atoms with Crippen LogP contribution in [0.2, 0.25) is 4.34 Å². The number of alkyl halides is 3. The van der Waals surface area contributed by atoms with Crippen LogP contribution < -0.4 is 10.6 Å². The summed E-state index contributed by atoms with van der Waals surface area (Å²) in [4.78, 5) is 11.9. The van der Waals surface area contributed by atoms with Crippen molar-refractivity contribution in [3.63, 3.8) is 0 Å². The van der Waals surface area contributed by atoms with Gasteiger partial charge in [-0.15, -0.1) is 11.3 Å². The maximum absolute atomic E-state index is 12.5. The molecule has 2 N–H and O–H groups in total. The number of amides is 2. The van der Waals surface area contributed by atoms with Crippen molar-refractivity contribution >= 4 is 34.7 Å². The van der Waals surface area contributed by atoms with E-state index in [0.29, 0.717) is 15.6 Å². The molecule has 124 valence electrons. The minimum absolute atomic E-state index is 0.00110. The van der Waals surface area contributed by atoms with Crippen molar-refractivity contribution in [2.75, 3.05) is 5.32 Å². The fourth-order valence-electron chi connectivity index (χ4n) is 2.01. The monoisotopic (exact) mass is 362 g/mol. The summed E-state index contributed by atoms with van der Waals surface area (Å²) >= 11 is 7.25. The predicted molar refractivity (Wildman–Crippen MR) is 86.1 cm³/mol. The topological polar surface area (TPSA) is 41.1 Å². The van der Waals surface area contributed by atoms with E-state index in [4.69, 9.17) is 11.6 Å². The number of rotatable bonds is 4. The number of thiophene rings is 1. The maximum atomic E-state index is 12.5. The fraction of sp³-hybridized carbons (Fsp3) is 0.267. The first-order valence-electron chi connectivity index (χ1n) is 6.68. The molecule has 2 aromatic rings. The molecular weight excluding hydrogens is 349 g/mol. The molecule has 23 heavy (non-hydrogen) atoms. The summed E-state index contributed by atoms with van der Waals surface area (Å²) in [6.07, 6.45) is -5.32. The molecule has 8 heteroatoms. The van der Waals surface area contributed by atoms with Gasteiger partial charge in [0.2, 0.25) is 0 Å². The number of halogens is 4. The molecule has 0 fully saturated rings. The van der Waals surface area contributed by atoms with Crippen molar-refractivity contribution in [2.45, 2.75) is 26.1 Å². The quantitative estimate of drug-likeness (QED) is 0.777. The lowest BCUT2D eigenvalue weighted by Crippen LogP contribution is -2.29. The second-order valence-electron chi connectivity index (χ2n) is 4.94. The van der Waals surface area contributed by atoms with Gasteiger partial charge in [0.1, 0.15) is 4.34 Å². The molecular formula is C15H14ClF3N2OS. The number of nitrogens with one attached hydrogen (secondary N) is 2. The highest BCUT2D eigenvalue weighted by atomic mass is 35.5. The number of anilines is 1. The van der Waals surface area contributed by atoms with Crippen LogP contribution in [0.5, 0.6) is 0 Å². The summed E-state index contributed by atoms with van der Waals surface area (Å²) < 4.78 is 38.1. The van der Waals surface area contributed by atoms with E-state index in [-0.39, 0.29) is 12.1 Å². The third-order valence-electron chi connectivity index (χ3n) is 3.12. The van der Waals surface area contributed by atoms with Gasteiger partial charge >= 0.3 is 12.2 Å². The van der Waals surface area contributed by atoms with Gasteiger partial charge in [0, 0.05) is 6.54 Å². The molecule has 0 saturated carbocycles. The Labute approximate surface area is 140 Å². The van der Waals surface area contributed by atoms with E-state index < -0.39 is 18.6 Å². The van der Waals surface area contributed by atoms with Gasteiger partial charge < -0.3 is 10.6 Å². The van der Waals surface area contributed by atoms with Gasteiger partial charge in [-0.2, -0.15) is 13.2 Å². The van der Waals surface area contributed by atoms with Crippen LogP contribution in [0, 0.1) is 6.92 Å². The van der Waals surface area contributed by atoms with Crippen LogP contribution in [0.4, 0.5) is 23.7 Å². The molecule has 1 aromatic carbocycles. The van der Waals surface area contributed by atoms with Gasteiger partial charge in [-0.3, -0.25) is 0 Å². The largest absolute Gasteiger partial charge is 0.393 e. The van der Waals surface area contributed by atoms with Gasteiger partial charge in [-0.25, -0.2) is 4.79 Å². The van der Waals surface area contributed by atoms with Crippen LogP contribution in [0.15, 0.2) is 29.6 Å². The average Bonchev–Trinajstić information content (AvgIpc) is 2.77. The Morgan fingerprint density at radius 3 is 2.48 bits per heavy atom. The number of carbonyl (C=O) groups excluding carboxylic acids is 1. The Kier molecular flexibility index (Phi) is 5.54. The van der Waals surface area contributed by atoms with E-state index in [0.717, 1.165) is 5.56 Å². The lowest BCUT2D eigenvalue weighted by Gasteiger charge is -2.13. The first-order valence-corrected chi connectivity index (χ1v) is 7.94. The molecule has 0 atom stereocenters. The zero-order valence-corrected chi connectivity index (χ0v) is 13.7. The molecule has 2 rings (SSSR count). The highest BCUT2D eigenvalue weighted by Gasteiger charge is 2.28. The van der Waals surface area contributed by atoms with E-state index in [1.54, 1.807) is 30.5 Å². The first kappa shape index (κ1) is 17.6. The lowest BCUT2D eigenvalue weighted by molar-refractivity contribution is -0.127. The Hall–Kier alpha value is -1.73. The Morgan fingerprint density at radius 2 is 1.91 bits per heavy atom. The summed E-state index contributed by atoms with van der Waals surface area (Å²) in [5.74, 6) is 0. The molecule has 0 aliphatic rings. The highest BCUT2D eigenvalue weighted by Crippen LogP contribution is 2.32. The SMILES string of the molecule is Cc1csc(Cl)c1NC(=O)NCc1ccccc1CC(F)(F)F. The van der Waals surface area contributed by atoms with E-state index in [1.807, 2.05) is 0 Å². The van der Waals surface area contributed by atoms with Crippen LogP contribution in [-0.4, -0.2) is 12.2 Å². The van der Waals surface area contributed by atoms with Crippen LogP contribution >= 0.6 is 22.9 Å². The first-order chi connectivity index (χ1) is 10.8. The molecule has 0 radical (unpaired) electrons. The molecule has 3 nitrogen and oxygen atoms in total. The second-order valence-corrected chi connectivity index (χ2v) is 6.42. The molecule has 1 heterocycles. The molecule has 0 unspecified atom stereocenters. The van der Waals surface area contributed by atoms with E-state index in [1.165, 1.54) is 17.4 Å². The van der Waals surface area contributed by atoms with Gasteiger partial charge in [-0.05, 0) is 29.0 Å². The van der Waals surface area contributed by atoms with Crippen molar-refractivity contribution in [3.8, 4) is 0 Å². The smallest absolute Gasteiger partial charge is 0.334 e. The summed E-state index contributed by atoms with van der Waals surface area (Å²) in [6.45, 7) is 1.80. The third kappa shape index (κ3) is 5.14. The van der Waals surface area contributed by atoms with Gasteiger partial charge in [0.05, 0.1) is 12.1 Å². The molecule has 0 bridgehead atoms. The molecule has 1 aromatic heterocycles. The standard InChI is InChI=1S/C15H14ClF3N2OS/c1-9-8-23-13(16)12(9)21-14(22)20-7-11-5-3-2-4-10(11)6-15(17,18)19/h2-5,8H,6-7H2,1H3,(H2,20,21,22). The molecule has 2 amide bonds. The minimum Gasteiger partial charge on any atom is -0.334 e. The highest BCUT2D eigenvalue weighted by molar-refractivity contribution is 7.15. The Morgan fingerprint density at radius 1 is 1.26 bits per heavy atom. The van der Waals surface area contributed by atoms with Crippen molar-refractivity contribution < 1.29 is 18.0 Å². The summed E-state index contributed by atoms with van der Waals surface area (Å²) in [5, 5.41) is 6.95. The van der Waals surface area contributed by atoms with E-state index >= 15 is 0 Å². The van der Waals surface area contributed by atoms with Crippen LogP contribution in [0.25, 0.3) is 0 Å². The molecule has 0 spiro atoms. The van der Waals surface area contributed by atoms with E-state index in [2.05, 4.69) is 10.6 Å². The van der Waals surface area contributed by atoms with E-state index in [9.17, 15) is 18.0 Å². The zero-order chi connectivity index (χ0) is 17.0. The van der Waals surface area contributed by atoms with Gasteiger partial charge in [0.15, 0.2) is 0 Å². The fourth-order valence-corrected chi connectivity index (χ4v) is 3.07. The molecule has 0 aliphatic heterocycles. The number of hydrogen-bond donors (Lipinski definition) is 2.